The summed E-state index contributed by atoms with van der Waals surface area (Å²) in [7, 11) is -4.89. The average molecular weight is 586 g/mol. The normalized spacial score (nSPS) is 19.7. The second kappa shape index (κ2) is 10.7. The van der Waals surface area contributed by atoms with Crippen LogP contribution in [0.5, 0.6) is 0 Å². The van der Waals surface area contributed by atoms with E-state index < -0.39 is 49.3 Å². The van der Waals surface area contributed by atoms with Gasteiger partial charge in [0.1, 0.15) is 18.6 Å². The van der Waals surface area contributed by atoms with Crippen molar-refractivity contribution in [3.05, 3.63) is 69.7 Å². The van der Waals surface area contributed by atoms with Crippen LogP contribution in [0, 0.1) is 0 Å². The van der Waals surface area contributed by atoms with Gasteiger partial charge in [0.2, 0.25) is 5.91 Å². The fourth-order valence-electron chi connectivity index (χ4n) is 4.55. The summed E-state index contributed by atoms with van der Waals surface area (Å²) in [6, 6.07) is 9.10. The van der Waals surface area contributed by atoms with E-state index in [4.69, 9.17) is 21.4 Å². The Morgan fingerprint density at radius 2 is 1.90 bits per heavy atom. The molecule has 4 rings (SSSR count). The summed E-state index contributed by atoms with van der Waals surface area (Å²) in [5.74, 6) is -6.34. The Labute approximate surface area is 225 Å². The van der Waals surface area contributed by atoms with E-state index in [0.717, 1.165) is 17.0 Å². The van der Waals surface area contributed by atoms with Crippen LogP contribution in [0.2, 0.25) is 5.02 Å². The molecule has 15 heteroatoms. The second-order valence-corrected chi connectivity index (χ2v) is 10.9. The number of benzene rings is 2. The number of alkyl halides is 2. The number of fused-ring (bicyclic) bond motifs is 1. The van der Waals surface area contributed by atoms with E-state index in [9.17, 15) is 32.5 Å². The molecule has 2 aliphatic rings. The zero-order valence-corrected chi connectivity index (χ0v) is 21.8. The smallest absolute Gasteiger partial charge is 0.346 e. The molecule has 1 atom stereocenters. The molecule has 11 nitrogen and oxygen atoms in total. The number of phosphoric ester groups is 1. The number of aldehydes is 1. The predicted octanol–water partition coefficient (Wildman–Crippen LogP) is 2.33. The highest BCUT2D eigenvalue weighted by molar-refractivity contribution is 7.46. The third-order valence-corrected chi connectivity index (χ3v) is 7.35. The zero-order chi connectivity index (χ0) is 28.6. The molecule has 0 saturated carbocycles. The molecular weight excluding hydrogens is 563 g/mol. The molecule has 1 unspecified atom stereocenters. The van der Waals surface area contributed by atoms with Crippen molar-refractivity contribution < 1.29 is 46.8 Å². The molecule has 1 fully saturated rings. The van der Waals surface area contributed by atoms with E-state index in [1.807, 2.05) is 0 Å². The number of phosphoric acid groups is 1. The average Bonchev–Trinajstić information content (AvgIpc) is 3.23. The molecular formula is C24H23ClF2N3O8P. The van der Waals surface area contributed by atoms with Crippen LogP contribution in [0.4, 0.5) is 8.78 Å². The van der Waals surface area contributed by atoms with Gasteiger partial charge < -0.3 is 29.7 Å². The Morgan fingerprint density at radius 3 is 2.54 bits per heavy atom. The first-order valence-corrected chi connectivity index (χ1v) is 13.5. The number of likely N-dealkylation sites (tertiary alicyclic amines) is 1. The fourth-order valence-corrected chi connectivity index (χ4v) is 4.97. The van der Waals surface area contributed by atoms with Gasteiger partial charge in [0.15, 0.2) is 0 Å². The van der Waals surface area contributed by atoms with Crippen molar-refractivity contribution in [1.82, 2.24) is 15.1 Å². The molecule has 2 aliphatic heterocycles. The van der Waals surface area contributed by atoms with Gasteiger partial charge in [-0.2, -0.15) is 8.78 Å². The molecule has 208 valence electrons. The number of nitrogens with zero attached hydrogens (tertiary/aromatic N) is 2. The van der Waals surface area contributed by atoms with Gasteiger partial charge in [0, 0.05) is 35.7 Å². The van der Waals surface area contributed by atoms with E-state index in [0.29, 0.717) is 17.4 Å². The highest BCUT2D eigenvalue weighted by atomic mass is 35.5. The highest BCUT2D eigenvalue weighted by Gasteiger charge is 2.48. The Morgan fingerprint density at radius 1 is 1.21 bits per heavy atom. The van der Waals surface area contributed by atoms with Crippen LogP contribution in [0.3, 0.4) is 0 Å². The maximum atomic E-state index is 14.6. The fraction of sp³-hybridized carbons (Fsp3) is 0.333. The van der Waals surface area contributed by atoms with Crippen molar-refractivity contribution in [2.75, 3.05) is 13.3 Å². The summed E-state index contributed by atoms with van der Waals surface area (Å²) in [5, 5.41) is 2.43. The topological polar surface area (TPSA) is 154 Å². The minimum Gasteiger partial charge on any atom is -0.346 e. The lowest BCUT2D eigenvalue weighted by Gasteiger charge is -2.44. The van der Waals surface area contributed by atoms with Crippen LogP contribution >= 0.6 is 19.4 Å². The van der Waals surface area contributed by atoms with E-state index >= 15 is 0 Å². The first-order valence-electron chi connectivity index (χ1n) is 11.6. The lowest BCUT2D eigenvalue weighted by Crippen LogP contribution is -2.61. The van der Waals surface area contributed by atoms with Crippen molar-refractivity contribution in [1.29, 1.82) is 0 Å². The van der Waals surface area contributed by atoms with Gasteiger partial charge in [-0.1, -0.05) is 35.9 Å². The molecule has 3 amide bonds. The van der Waals surface area contributed by atoms with Gasteiger partial charge in [0.25, 0.3) is 11.8 Å². The lowest BCUT2D eigenvalue weighted by atomic mass is 9.88. The van der Waals surface area contributed by atoms with Gasteiger partial charge in [-0.05, 0) is 35.7 Å². The van der Waals surface area contributed by atoms with E-state index in [2.05, 4.69) is 9.84 Å². The van der Waals surface area contributed by atoms with Crippen molar-refractivity contribution in [2.45, 2.75) is 37.4 Å². The second-order valence-electron chi connectivity index (χ2n) is 9.21. The number of rotatable bonds is 9. The molecule has 1 saturated heterocycles. The van der Waals surface area contributed by atoms with Crippen LogP contribution in [-0.4, -0.2) is 62.4 Å². The summed E-state index contributed by atoms with van der Waals surface area (Å²) in [5.41, 5.74) is -0.832. The molecule has 0 radical (unpaired) electrons. The number of amides is 3. The van der Waals surface area contributed by atoms with Crippen molar-refractivity contribution >= 4 is 43.4 Å². The molecule has 39 heavy (non-hydrogen) atoms. The Hall–Kier alpha value is -3.22. The standard InChI is InChI=1S/C24H23ClF2N3O8P/c25-18-4-2-17(3-5-18)24(26,27)22(34)28-10-15-1-6-19-16(9-15)11-30(21(19)33)23(13-31)8-7-20(32)29(12-23)14-38-39(35,36)37/h1-6,9,13H,7-8,10-12,14H2,(H,28,34)(H2,35,36,37). The monoisotopic (exact) mass is 585 g/mol. The molecule has 0 aliphatic carbocycles. The maximum absolute atomic E-state index is 14.6. The molecule has 0 aromatic heterocycles. The number of nitrogens with one attached hydrogen (secondary N) is 1. The predicted molar refractivity (Wildman–Crippen MR) is 131 cm³/mol. The van der Waals surface area contributed by atoms with Crippen LogP contribution in [0.25, 0.3) is 0 Å². The molecule has 2 aromatic rings. The third kappa shape index (κ3) is 6.02. The van der Waals surface area contributed by atoms with Crippen molar-refractivity contribution in [2.24, 2.45) is 0 Å². The molecule has 0 spiro atoms. The first kappa shape index (κ1) is 28.8. The number of piperidine rings is 1. The van der Waals surface area contributed by atoms with Gasteiger partial charge in [0.05, 0.1) is 6.54 Å². The van der Waals surface area contributed by atoms with Crippen LogP contribution in [-0.2, 0) is 42.5 Å². The van der Waals surface area contributed by atoms with Crippen LogP contribution in [0.15, 0.2) is 42.5 Å². The van der Waals surface area contributed by atoms with E-state index in [1.165, 1.54) is 29.2 Å². The minimum absolute atomic E-state index is 0.00975. The van der Waals surface area contributed by atoms with Crippen molar-refractivity contribution in [3.8, 4) is 0 Å². The van der Waals surface area contributed by atoms with E-state index in [1.54, 1.807) is 6.07 Å². The summed E-state index contributed by atoms with van der Waals surface area (Å²) in [6.45, 7) is -1.41. The maximum Gasteiger partial charge on any atom is 0.471 e. The number of hydrogen-bond acceptors (Lipinski definition) is 6. The molecule has 3 N–H and O–H groups in total. The van der Waals surface area contributed by atoms with E-state index in [-0.39, 0.29) is 43.1 Å². The highest BCUT2D eigenvalue weighted by Crippen LogP contribution is 2.38. The van der Waals surface area contributed by atoms with Crippen LogP contribution < -0.4 is 5.32 Å². The van der Waals surface area contributed by atoms with Gasteiger partial charge in [-0.15, -0.1) is 0 Å². The van der Waals surface area contributed by atoms with Crippen LogP contribution in [0.1, 0.15) is 39.9 Å². The zero-order valence-electron chi connectivity index (χ0n) is 20.2. The first-order chi connectivity index (χ1) is 18.3. The summed E-state index contributed by atoms with van der Waals surface area (Å²) in [6.07, 6.45) is 0.348. The summed E-state index contributed by atoms with van der Waals surface area (Å²) < 4.78 is 44.6. The lowest BCUT2D eigenvalue weighted by molar-refractivity contribution is -0.147. The SMILES string of the molecule is O=CC1(N2Cc3cc(CNC(=O)C(F)(F)c4ccc(Cl)cc4)ccc3C2=O)CCC(=O)N(COP(=O)(O)O)C1. The summed E-state index contributed by atoms with van der Waals surface area (Å²) >= 11 is 5.72. The number of carbonyl (C=O) groups excluding carboxylic acids is 4. The van der Waals surface area contributed by atoms with Gasteiger partial charge >= 0.3 is 13.7 Å². The number of carbonyl (C=O) groups is 4. The minimum atomic E-state index is -4.89. The molecule has 0 bridgehead atoms. The van der Waals surface area contributed by atoms with Gasteiger partial charge in [-0.25, -0.2) is 4.57 Å². The Kier molecular flexibility index (Phi) is 7.93. The Balaban J connectivity index is 1.46. The number of hydrogen-bond donors (Lipinski definition) is 3. The van der Waals surface area contributed by atoms with Gasteiger partial charge in [-0.3, -0.25) is 18.9 Å². The number of halogens is 3. The summed E-state index contributed by atoms with van der Waals surface area (Å²) in [4.78, 5) is 70.0. The van der Waals surface area contributed by atoms with Crippen molar-refractivity contribution in [3.63, 3.8) is 0 Å². The Bertz CT molecular complexity index is 1370. The third-order valence-electron chi connectivity index (χ3n) is 6.65. The molecule has 2 heterocycles. The quantitative estimate of drug-likeness (QED) is 0.299. The largest absolute Gasteiger partial charge is 0.471 e. The molecule has 2 aromatic carbocycles.